The van der Waals surface area contributed by atoms with Gasteiger partial charge in [-0.3, -0.25) is 4.79 Å². The first-order chi connectivity index (χ1) is 8.96. The maximum atomic E-state index is 11.3. The summed E-state index contributed by atoms with van der Waals surface area (Å²) in [5, 5.41) is 3.85. The van der Waals surface area contributed by atoms with Crippen molar-refractivity contribution in [1.29, 1.82) is 0 Å². The van der Waals surface area contributed by atoms with Crippen LogP contribution in [0.25, 0.3) is 0 Å². The van der Waals surface area contributed by atoms with Crippen molar-refractivity contribution < 1.29 is 18.8 Å². The average Bonchev–Trinajstić information content (AvgIpc) is 2.75. The van der Waals surface area contributed by atoms with E-state index in [2.05, 4.69) is 14.9 Å². The van der Waals surface area contributed by atoms with Crippen molar-refractivity contribution in [3.05, 3.63) is 11.7 Å². The van der Waals surface area contributed by atoms with E-state index in [9.17, 15) is 9.59 Å². The summed E-state index contributed by atoms with van der Waals surface area (Å²) in [6.07, 6.45) is 3.53. The van der Waals surface area contributed by atoms with Crippen LogP contribution in [0.1, 0.15) is 44.8 Å². The van der Waals surface area contributed by atoms with Crippen LogP contribution in [0.2, 0.25) is 0 Å². The summed E-state index contributed by atoms with van der Waals surface area (Å²) in [7, 11) is 1.37. The van der Waals surface area contributed by atoms with Gasteiger partial charge in [0.05, 0.1) is 13.5 Å². The molecule has 1 rings (SSSR count). The number of methoxy groups -OCH3 is 1. The van der Waals surface area contributed by atoms with E-state index in [-0.39, 0.29) is 11.4 Å². The molecule has 0 atom stereocenters. The number of nitrogens with zero attached hydrogens (tertiary/aromatic N) is 2. The van der Waals surface area contributed by atoms with Crippen LogP contribution in [0, 0.1) is 5.41 Å². The van der Waals surface area contributed by atoms with Gasteiger partial charge in [-0.15, -0.1) is 0 Å². The van der Waals surface area contributed by atoms with E-state index in [0.717, 1.165) is 6.29 Å². The molecule has 106 valence electrons. The quantitative estimate of drug-likeness (QED) is 0.405. The number of rotatable bonds is 8. The molecule has 19 heavy (non-hydrogen) atoms. The largest absolute Gasteiger partial charge is 0.469 e. The molecule has 0 radical (unpaired) electrons. The van der Waals surface area contributed by atoms with E-state index in [0.29, 0.717) is 43.8 Å². The fraction of sp³-hybridized carbons (Fsp3) is 0.692. The predicted molar refractivity (Wildman–Crippen MR) is 67.4 cm³/mol. The third-order valence-electron chi connectivity index (χ3n) is 2.71. The van der Waals surface area contributed by atoms with E-state index < -0.39 is 0 Å². The molecule has 1 heterocycles. The third-order valence-corrected chi connectivity index (χ3v) is 2.71. The molecule has 0 aliphatic carbocycles. The van der Waals surface area contributed by atoms with Crippen molar-refractivity contribution in [1.82, 2.24) is 10.1 Å². The Bertz CT molecular complexity index is 426. The number of ether oxygens (including phenoxy) is 1. The first-order valence-corrected chi connectivity index (χ1v) is 6.29. The molecule has 0 spiro atoms. The number of unbranched alkanes of at least 4 members (excludes halogenated alkanes) is 1. The lowest BCUT2D eigenvalue weighted by Crippen LogP contribution is -2.21. The first-order valence-electron chi connectivity index (χ1n) is 6.29. The Balaban J connectivity index is 2.52. The van der Waals surface area contributed by atoms with Gasteiger partial charge in [0.15, 0.2) is 5.82 Å². The number of hydrogen-bond acceptors (Lipinski definition) is 6. The Kier molecular flexibility index (Phi) is 5.66. The fourth-order valence-electron chi connectivity index (χ4n) is 1.74. The first kappa shape index (κ1) is 15.3. The summed E-state index contributed by atoms with van der Waals surface area (Å²) in [5.41, 5.74) is -0.292. The summed E-state index contributed by atoms with van der Waals surface area (Å²) in [4.78, 5) is 25.7. The second-order valence-electron chi connectivity index (χ2n) is 5.26. The fourth-order valence-corrected chi connectivity index (χ4v) is 1.74. The second-order valence-corrected chi connectivity index (χ2v) is 5.26. The second kappa shape index (κ2) is 7.01. The maximum Gasteiger partial charge on any atom is 0.306 e. The predicted octanol–water partition coefficient (Wildman–Crippen LogP) is 1.72. The molecule has 0 aliphatic rings. The van der Waals surface area contributed by atoms with Gasteiger partial charge in [0.25, 0.3) is 0 Å². The van der Waals surface area contributed by atoms with E-state index in [1.54, 1.807) is 0 Å². The lowest BCUT2D eigenvalue weighted by Gasteiger charge is -2.20. The summed E-state index contributed by atoms with van der Waals surface area (Å²) in [6, 6.07) is 0. The standard InChI is InChI=1S/C13H20N2O4/c1-13(2,9-12(17)18-3)8-11-14-10(15-19-11)6-4-5-7-16/h7H,4-6,8-9H2,1-3H3. The average molecular weight is 268 g/mol. The molecule has 0 aliphatic heterocycles. The SMILES string of the molecule is COC(=O)CC(C)(C)Cc1nc(CCCC=O)no1. The molecule has 0 saturated carbocycles. The number of esters is 1. The Labute approximate surface area is 112 Å². The molecule has 6 nitrogen and oxygen atoms in total. The highest BCUT2D eigenvalue weighted by Gasteiger charge is 2.25. The number of aromatic nitrogens is 2. The van der Waals surface area contributed by atoms with Gasteiger partial charge in [-0.05, 0) is 11.8 Å². The molecule has 0 unspecified atom stereocenters. The molecule has 0 bridgehead atoms. The number of carbonyl (C=O) groups is 2. The van der Waals surface area contributed by atoms with Crippen LogP contribution < -0.4 is 0 Å². The van der Waals surface area contributed by atoms with Crippen LogP contribution in [0.3, 0.4) is 0 Å². The maximum absolute atomic E-state index is 11.3. The van der Waals surface area contributed by atoms with Gasteiger partial charge in [0, 0.05) is 19.3 Å². The van der Waals surface area contributed by atoms with Crippen molar-refractivity contribution in [2.24, 2.45) is 5.41 Å². The molecule has 0 aromatic carbocycles. The van der Waals surface area contributed by atoms with Crippen LogP contribution in [-0.4, -0.2) is 29.5 Å². The van der Waals surface area contributed by atoms with Crippen LogP contribution in [0.5, 0.6) is 0 Å². The van der Waals surface area contributed by atoms with Crippen LogP contribution in [0.15, 0.2) is 4.52 Å². The van der Waals surface area contributed by atoms with Crippen molar-refractivity contribution in [2.45, 2.75) is 46.0 Å². The molecular weight excluding hydrogens is 248 g/mol. The Morgan fingerprint density at radius 2 is 2.21 bits per heavy atom. The summed E-state index contributed by atoms with van der Waals surface area (Å²) < 4.78 is 9.80. The number of aryl methyl sites for hydroxylation is 1. The van der Waals surface area contributed by atoms with Crippen molar-refractivity contribution >= 4 is 12.3 Å². The van der Waals surface area contributed by atoms with Crippen molar-refractivity contribution in [3.63, 3.8) is 0 Å². The highest BCUT2D eigenvalue weighted by Crippen LogP contribution is 2.25. The summed E-state index contributed by atoms with van der Waals surface area (Å²) in [6.45, 7) is 3.89. The molecule has 0 saturated heterocycles. The minimum atomic E-state index is -0.292. The third kappa shape index (κ3) is 5.63. The van der Waals surface area contributed by atoms with Crippen LogP contribution >= 0.6 is 0 Å². The van der Waals surface area contributed by atoms with Gasteiger partial charge < -0.3 is 14.1 Å². The highest BCUT2D eigenvalue weighted by molar-refractivity contribution is 5.69. The van der Waals surface area contributed by atoms with E-state index in [1.165, 1.54) is 7.11 Å². The van der Waals surface area contributed by atoms with Crippen molar-refractivity contribution in [3.8, 4) is 0 Å². The lowest BCUT2D eigenvalue weighted by atomic mass is 9.86. The minimum absolute atomic E-state index is 0.254. The molecule has 0 fully saturated rings. The van der Waals surface area contributed by atoms with Gasteiger partial charge in [-0.1, -0.05) is 19.0 Å². The monoisotopic (exact) mass is 268 g/mol. The zero-order valence-electron chi connectivity index (χ0n) is 11.6. The van der Waals surface area contributed by atoms with Gasteiger partial charge in [-0.25, -0.2) is 0 Å². The smallest absolute Gasteiger partial charge is 0.306 e. The van der Waals surface area contributed by atoms with Crippen LogP contribution in [-0.2, 0) is 27.2 Å². The molecular formula is C13H20N2O4. The Morgan fingerprint density at radius 1 is 1.47 bits per heavy atom. The summed E-state index contributed by atoms with van der Waals surface area (Å²) in [5.74, 6) is 0.858. The minimum Gasteiger partial charge on any atom is -0.469 e. The Hall–Kier alpha value is -1.72. The molecule has 0 amide bonds. The Morgan fingerprint density at radius 3 is 2.84 bits per heavy atom. The van der Waals surface area contributed by atoms with Gasteiger partial charge in [0.1, 0.15) is 6.29 Å². The van der Waals surface area contributed by atoms with Gasteiger partial charge in [0.2, 0.25) is 5.89 Å². The number of hydrogen-bond donors (Lipinski definition) is 0. The van der Waals surface area contributed by atoms with Gasteiger partial charge in [-0.2, -0.15) is 4.98 Å². The zero-order valence-corrected chi connectivity index (χ0v) is 11.6. The lowest BCUT2D eigenvalue weighted by molar-refractivity contribution is -0.142. The van der Waals surface area contributed by atoms with E-state index in [1.807, 2.05) is 13.8 Å². The molecule has 6 heteroatoms. The van der Waals surface area contributed by atoms with Gasteiger partial charge >= 0.3 is 5.97 Å². The number of carbonyl (C=O) groups excluding carboxylic acids is 2. The zero-order chi connectivity index (χ0) is 14.3. The van der Waals surface area contributed by atoms with E-state index >= 15 is 0 Å². The molecule has 0 N–H and O–H groups in total. The normalized spacial score (nSPS) is 11.3. The molecule has 1 aromatic rings. The topological polar surface area (TPSA) is 82.3 Å². The van der Waals surface area contributed by atoms with E-state index in [4.69, 9.17) is 4.52 Å². The number of aldehydes is 1. The summed E-state index contributed by atoms with van der Waals surface area (Å²) >= 11 is 0. The van der Waals surface area contributed by atoms with Crippen LogP contribution in [0.4, 0.5) is 0 Å². The highest BCUT2D eigenvalue weighted by atomic mass is 16.5. The van der Waals surface area contributed by atoms with Crippen molar-refractivity contribution in [2.75, 3.05) is 7.11 Å². The molecule has 1 aromatic heterocycles.